The fourth-order valence-corrected chi connectivity index (χ4v) is 3.73. The van der Waals surface area contributed by atoms with E-state index in [1.165, 1.54) is 0 Å². The average Bonchev–Trinajstić information content (AvgIpc) is 3.09. The molecule has 0 aliphatic carbocycles. The molecule has 0 spiro atoms. The third-order valence-corrected chi connectivity index (χ3v) is 5.24. The minimum atomic E-state index is -0.133. The maximum Gasteiger partial charge on any atom is 0.259 e. The maximum absolute atomic E-state index is 13.3. The Balaban J connectivity index is 1.56. The van der Waals surface area contributed by atoms with Crippen LogP contribution in [-0.2, 0) is 0 Å². The van der Waals surface area contributed by atoms with Crippen LogP contribution in [-0.4, -0.2) is 45.1 Å². The van der Waals surface area contributed by atoms with Gasteiger partial charge in [-0.25, -0.2) is 4.98 Å². The Kier molecular flexibility index (Phi) is 5.49. The third-order valence-electron chi connectivity index (χ3n) is 4.91. The fraction of sp³-hybridized carbons (Fsp3) is 0.333. The maximum atomic E-state index is 13.3. The number of carbonyl (C=O) groups excluding carboxylic acids is 1. The number of ether oxygens (including phenoxy) is 1. The molecule has 29 heavy (non-hydrogen) atoms. The van der Waals surface area contributed by atoms with Gasteiger partial charge in [0, 0.05) is 24.4 Å². The fourth-order valence-electron chi connectivity index (χ4n) is 3.51. The number of benzene rings is 1. The average molecular weight is 413 g/mol. The van der Waals surface area contributed by atoms with Crippen LogP contribution in [0.3, 0.4) is 0 Å². The number of rotatable bonds is 4. The molecule has 1 atom stereocenters. The highest BCUT2D eigenvalue weighted by molar-refractivity contribution is 6.33. The Labute approximate surface area is 173 Å². The lowest BCUT2D eigenvalue weighted by molar-refractivity contribution is 0.0526. The first-order chi connectivity index (χ1) is 14.0. The van der Waals surface area contributed by atoms with E-state index in [9.17, 15) is 4.79 Å². The number of aromatic nitrogens is 3. The van der Waals surface area contributed by atoms with Crippen LogP contribution >= 0.6 is 11.6 Å². The van der Waals surface area contributed by atoms with E-state index in [0.29, 0.717) is 52.4 Å². The molecule has 3 heterocycles. The molecule has 0 N–H and O–H groups in total. The molecule has 2 aromatic heterocycles. The van der Waals surface area contributed by atoms with Crippen LogP contribution in [0.5, 0.6) is 5.88 Å². The first-order valence-corrected chi connectivity index (χ1v) is 9.87. The van der Waals surface area contributed by atoms with Crippen molar-refractivity contribution in [3.8, 4) is 17.1 Å². The van der Waals surface area contributed by atoms with Gasteiger partial charge in [-0.15, -0.1) is 0 Å². The molecular formula is C21H21ClN4O3. The zero-order chi connectivity index (χ0) is 20.4. The van der Waals surface area contributed by atoms with Gasteiger partial charge in [-0.2, -0.15) is 4.98 Å². The van der Waals surface area contributed by atoms with Crippen LogP contribution in [0.15, 0.2) is 41.1 Å². The van der Waals surface area contributed by atoms with Crippen molar-refractivity contribution in [2.45, 2.75) is 32.8 Å². The van der Waals surface area contributed by atoms with Crippen molar-refractivity contribution in [3.05, 3.63) is 58.7 Å². The quantitative estimate of drug-likeness (QED) is 0.642. The molecule has 1 unspecified atom stereocenters. The van der Waals surface area contributed by atoms with E-state index in [-0.39, 0.29) is 12.0 Å². The van der Waals surface area contributed by atoms with Gasteiger partial charge in [0.25, 0.3) is 5.91 Å². The van der Waals surface area contributed by atoms with Crippen LogP contribution in [0.2, 0.25) is 5.02 Å². The van der Waals surface area contributed by atoms with Crippen molar-refractivity contribution in [1.82, 2.24) is 20.0 Å². The van der Waals surface area contributed by atoms with Gasteiger partial charge in [-0.3, -0.25) is 4.79 Å². The molecule has 1 aliphatic heterocycles. The minimum absolute atomic E-state index is 0.133. The zero-order valence-electron chi connectivity index (χ0n) is 16.3. The molecular weight excluding hydrogens is 392 g/mol. The second-order valence-corrected chi connectivity index (χ2v) is 7.42. The number of likely N-dealkylation sites (tertiary alicyclic amines) is 1. The number of nitrogens with zero attached hydrogens (tertiary/aromatic N) is 4. The molecule has 150 valence electrons. The number of piperidine rings is 1. The van der Waals surface area contributed by atoms with Crippen molar-refractivity contribution in [2.24, 2.45) is 0 Å². The smallest absolute Gasteiger partial charge is 0.259 e. The highest BCUT2D eigenvalue weighted by atomic mass is 35.5. The van der Waals surface area contributed by atoms with Crippen LogP contribution in [0.25, 0.3) is 11.3 Å². The number of amides is 1. The summed E-state index contributed by atoms with van der Waals surface area (Å²) in [6.07, 6.45) is 3.23. The molecule has 8 heteroatoms. The molecule has 3 aromatic rings. The summed E-state index contributed by atoms with van der Waals surface area (Å²) in [7, 11) is 0. The molecule has 1 fully saturated rings. The van der Waals surface area contributed by atoms with Gasteiger partial charge in [0.2, 0.25) is 5.88 Å². The Hall–Kier alpha value is -2.93. The van der Waals surface area contributed by atoms with Crippen molar-refractivity contribution in [2.75, 3.05) is 13.1 Å². The summed E-state index contributed by atoms with van der Waals surface area (Å²) in [4.78, 5) is 23.5. The summed E-state index contributed by atoms with van der Waals surface area (Å²) in [5, 5.41) is 4.63. The van der Waals surface area contributed by atoms with Crippen LogP contribution in [0.1, 0.15) is 34.8 Å². The van der Waals surface area contributed by atoms with E-state index >= 15 is 0 Å². The van der Waals surface area contributed by atoms with E-state index in [1.807, 2.05) is 25.1 Å². The Bertz CT molecular complexity index is 1040. The van der Waals surface area contributed by atoms with Crippen LogP contribution in [0.4, 0.5) is 0 Å². The Morgan fingerprint density at radius 2 is 2.10 bits per heavy atom. The lowest BCUT2D eigenvalue weighted by atomic mass is 10.0. The summed E-state index contributed by atoms with van der Waals surface area (Å²) >= 11 is 6.32. The summed E-state index contributed by atoms with van der Waals surface area (Å²) in [6.45, 7) is 4.67. The van der Waals surface area contributed by atoms with Crippen molar-refractivity contribution >= 4 is 17.5 Å². The summed E-state index contributed by atoms with van der Waals surface area (Å²) in [5.74, 6) is 1.51. The number of aryl methyl sites for hydroxylation is 2. The predicted octanol–water partition coefficient (Wildman–Crippen LogP) is 4.09. The summed E-state index contributed by atoms with van der Waals surface area (Å²) < 4.78 is 11.3. The van der Waals surface area contributed by atoms with E-state index in [0.717, 1.165) is 12.8 Å². The van der Waals surface area contributed by atoms with Gasteiger partial charge < -0.3 is 14.2 Å². The second kappa shape index (κ2) is 8.21. The number of hydrogen-bond acceptors (Lipinski definition) is 6. The lowest BCUT2D eigenvalue weighted by Crippen LogP contribution is -2.44. The van der Waals surface area contributed by atoms with Crippen molar-refractivity contribution < 1.29 is 14.1 Å². The first kappa shape index (κ1) is 19.4. The normalized spacial score (nSPS) is 16.7. The third kappa shape index (κ3) is 4.10. The molecule has 1 aromatic carbocycles. The van der Waals surface area contributed by atoms with Gasteiger partial charge in [-0.1, -0.05) is 35.0 Å². The first-order valence-electron chi connectivity index (χ1n) is 9.49. The SMILES string of the molecule is Cc1nccc(OC2CCCN(C(=O)c3c(-c4ccccc4Cl)noc3C)C2)n1. The van der Waals surface area contributed by atoms with Gasteiger partial charge in [0.1, 0.15) is 28.9 Å². The van der Waals surface area contributed by atoms with Gasteiger partial charge in [0.05, 0.1) is 11.6 Å². The van der Waals surface area contributed by atoms with E-state index in [1.54, 1.807) is 30.2 Å². The predicted molar refractivity (Wildman–Crippen MR) is 108 cm³/mol. The minimum Gasteiger partial charge on any atom is -0.472 e. The molecule has 0 saturated carbocycles. The van der Waals surface area contributed by atoms with E-state index in [2.05, 4.69) is 15.1 Å². The zero-order valence-corrected chi connectivity index (χ0v) is 17.0. The number of carbonyl (C=O) groups is 1. The van der Waals surface area contributed by atoms with Crippen molar-refractivity contribution in [3.63, 3.8) is 0 Å². The number of hydrogen-bond donors (Lipinski definition) is 0. The van der Waals surface area contributed by atoms with Gasteiger partial charge in [-0.05, 0) is 32.8 Å². The molecule has 7 nitrogen and oxygen atoms in total. The molecule has 0 radical (unpaired) electrons. The van der Waals surface area contributed by atoms with Crippen LogP contribution < -0.4 is 4.74 Å². The standard InChI is InChI=1S/C21H21ClN4O3/c1-13-19(20(25-29-13)16-7-3-4-8-17(16)22)21(27)26-11-5-6-15(12-26)28-18-9-10-23-14(2)24-18/h3-4,7-10,15H,5-6,11-12H2,1-2H3. The molecule has 0 bridgehead atoms. The summed E-state index contributed by atoms with van der Waals surface area (Å²) in [5.41, 5.74) is 1.58. The largest absolute Gasteiger partial charge is 0.472 e. The van der Waals surface area contributed by atoms with Gasteiger partial charge >= 0.3 is 0 Å². The molecule has 1 aliphatic rings. The van der Waals surface area contributed by atoms with Crippen molar-refractivity contribution in [1.29, 1.82) is 0 Å². The monoisotopic (exact) mass is 412 g/mol. The summed E-state index contributed by atoms with van der Waals surface area (Å²) in [6, 6.07) is 9.02. The van der Waals surface area contributed by atoms with Gasteiger partial charge in [0.15, 0.2) is 0 Å². The topological polar surface area (TPSA) is 81.4 Å². The number of halogens is 1. The highest BCUT2D eigenvalue weighted by Crippen LogP contribution is 2.32. The highest BCUT2D eigenvalue weighted by Gasteiger charge is 2.31. The second-order valence-electron chi connectivity index (χ2n) is 7.02. The van der Waals surface area contributed by atoms with E-state index < -0.39 is 0 Å². The lowest BCUT2D eigenvalue weighted by Gasteiger charge is -2.32. The Morgan fingerprint density at radius 3 is 2.90 bits per heavy atom. The molecule has 1 saturated heterocycles. The van der Waals surface area contributed by atoms with E-state index in [4.69, 9.17) is 20.9 Å². The molecule has 1 amide bonds. The Morgan fingerprint density at radius 1 is 1.28 bits per heavy atom. The van der Waals surface area contributed by atoms with Crippen LogP contribution in [0, 0.1) is 13.8 Å². The molecule has 4 rings (SSSR count).